The van der Waals surface area contributed by atoms with Crippen LogP contribution < -0.4 is 11.5 Å². The lowest BCUT2D eigenvalue weighted by Gasteiger charge is -2.03. The van der Waals surface area contributed by atoms with Gasteiger partial charge in [-0.2, -0.15) is 5.10 Å². The van der Waals surface area contributed by atoms with Gasteiger partial charge in [0.15, 0.2) is 5.69 Å². The second-order valence-electron chi connectivity index (χ2n) is 3.95. The SMILES string of the molecule is CCOC(=O)Cn1nc(C(N)=O)c2cc(N)ccc21. The minimum Gasteiger partial charge on any atom is -0.465 e. The molecular weight excluding hydrogens is 248 g/mol. The van der Waals surface area contributed by atoms with Gasteiger partial charge in [-0.3, -0.25) is 14.3 Å². The fourth-order valence-corrected chi connectivity index (χ4v) is 1.83. The molecule has 0 saturated heterocycles. The van der Waals surface area contributed by atoms with E-state index in [0.29, 0.717) is 16.6 Å². The summed E-state index contributed by atoms with van der Waals surface area (Å²) in [6.07, 6.45) is 0. The Morgan fingerprint density at radius 2 is 2.16 bits per heavy atom. The highest BCUT2D eigenvalue weighted by atomic mass is 16.5. The third-order valence-corrected chi connectivity index (χ3v) is 2.59. The largest absolute Gasteiger partial charge is 0.465 e. The first kappa shape index (κ1) is 12.9. The van der Waals surface area contributed by atoms with Crippen molar-refractivity contribution >= 4 is 28.5 Å². The summed E-state index contributed by atoms with van der Waals surface area (Å²) in [7, 11) is 0. The third-order valence-electron chi connectivity index (χ3n) is 2.59. The molecule has 1 aromatic heterocycles. The van der Waals surface area contributed by atoms with Crippen molar-refractivity contribution in [3.8, 4) is 0 Å². The molecule has 0 radical (unpaired) electrons. The monoisotopic (exact) mass is 262 g/mol. The molecule has 4 N–H and O–H groups in total. The number of amides is 1. The number of esters is 1. The Morgan fingerprint density at radius 1 is 1.42 bits per heavy atom. The number of fused-ring (bicyclic) bond motifs is 1. The van der Waals surface area contributed by atoms with Crippen LogP contribution in [0.3, 0.4) is 0 Å². The molecule has 19 heavy (non-hydrogen) atoms. The van der Waals surface area contributed by atoms with Gasteiger partial charge in [0, 0.05) is 11.1 Å². The van der Waals surface area contributed by atoms with Gasteiger partial charge in [0.1, 0.15) is 6.54 Å². The summed E-state index contributed by atoms with van der Waals surface area (Å²) in [5.41, 5.74) is 12.1. The first-order valence-corrected chi connectivity index (χ1v) is 5.74. The number of nitrogen functional groups attached to an aromatic ring is 1. The van der Waals surface area contributed by atoms with Crippen molar-refractivity contribution < 1.29 is 14.3 Å². The van der Waals surface area contributed by atoms with Crippen LogP contribution >= 0.6 is 0 Å². The molecule has 7 heteroatoms. The molecule has 0 fully saturated rings. The minimum absolute atomic E-state index is 0.0818. The molecule has 1 aromatic carbocycles. The fraction of sp³-hybridized carbons (Fsp3) is 0.250. The summed E-state index contributed by atoms with van der Waals surface area (Å²) in [6, 6.07) is 4.95. The van der Waals surface area contributed by atoms with Crippen molar-refractivity contribution in [1.82, 2.24) is 9.78 Å². The quantitative estimate of drug-likeness (QED) is 0.607. The topological polar surface area (TPSA) is 113 Å². The van der Waals surface area contributed by atoms with Crippen LogP contribution in [0.25, 0.3) is 10.9 Å². The Labute approximate surface area is 109 Å². The number of ether oxygens (including phenoxy) is 1. The van der Waals surface area contributed by atoms with Crippen LogP contribution in [-0.2, 0) is 16.1 Å². The number of anilines is 1. The fourth-order valence-electron chi connectivity index (χ4n) is 1.83. The highest BCUT2D eigenvalue weighted by molar-refractivity contribution is 6.05. The summed E-state index contributed by atoms with van der Waals surface area (Å²) in [5.74, 6) is -1.10. The van der Waals surface area contributed by atoms with Crippen molar-refractivity contribution in [1.29, 1.82) is 0 Å². The van der Waals surface area contributed by atoms with Crippen molar-refractivity contribution in [2.24, 2.45) is 5.73 Å². The lowest BCUT2D eigenvalue weighted by Crippen LogP contribution is -2.16. The van der Waals surface area contributed by atoms with E-state index in [4.69, 9.17) is 16.2 Å². The van der Waals surface area contributed by atoms with Crippen molar-refractivity contribution in [2.75, 3.05) is 12.3 Å². The third kappa shape index (κ3) is 2.49. The lowest BCUT2D eigenvalue weighted by atomic mass is 10.2. The van der Waals surface area contributed by atoms with Gasteiger partial charge in [-0.15, -0.1) is 0 Å². The van der Waals surface area contributed by atoms with Gasteiger partial charge in [0.25, 0.3) is 5.91 Å². The van der Waals surface area contributed by atoms with Crippen molar-refractivity contribution in [3.05, 3.63) is 23.9 Å². The maximum absolute atomic E-state index is 11.5. The first-order chi connectivity index (χ1) is 9.02. The molecule has 0 atom stereocenters. The van der Waals surface area contributed by atoms with E-state index in [0.717, 1.165) is 0 Å². The van der Waals surface area contributed by atoms with Gasteiger partial charge in [-0.05, 0) is 25.1 Å². The molecule has 100 valence electrons. The van der Waals surface area contributed by atoms with E-state index in [9.17, 15) is 9.59 Å². The van der Waals surface area contributed by atoms with Crippen LogP contribution in [0.2, 0.25) is 0 Å². The summed E-state index contributed by atoms with van der Waals surface area (Å²) in [5, 5.41) is 4.56. The summed E-state index contributed by atoms with van der Waals surface area (Å²) < 4.78 is 6.23. The molecule has 0 aliphatic rings. The number of primary amides is 1. The zero-order chi connectivity index (χ0) is 14.0. The average molecular weight is 262 g/mol. The van der Waals surface area contributed by atoms with E-state index in [1.807, 2.05) is 0 Å². The molecule has 7 nitrogen and oxygen atoms in total. The number of benzene rings is 1. The minimum atomic E-state index is -0.668. The maximum atomic E-state index is 11.5. The Kier molecular flexibility index (Phi) is 3.37. The van der Waals surface area contributed by atoms with Gasteiger partial charge in [-0.1, -0.05) is 0 Å². The normalized spacial score (nSPS) is 10.6. The van der Waals surface area contributed by atoms with Crippen LogP contribution in [0.4, 0.5) is 5.69 Å². The van der Waals surface area contributed by atoms with Crippen LogP contribution in [0, 0.1) is 0 Å². The molecular formula is C12H14N4O3. The molecule has 0 aliphatic carbocycles. The van der Waals surface area contributed by atoms with Crippen LogP contribution in [-0.4, -0.2) is 28.3 Å². The van der Waals surface area contributed by atoms with E-state index in [2.05, 4.69) is 5.10 Å². The number of hydrogen-bond acceptors (Lipinski definition) is 5. The predicted octanol–water partition coefficient (Wildman–Crippen LogP) is 0.281. The highest BCUT2D eigenvalue weighted by Crippen LogP contribution is 2.21. The molecule has 2 rings (SSSR count). The standard InChI is InChI=1S/C12H14N4O3/c1-2-19-10(17)6-16-9-4-3-7(13)5-8(9)11(15-16)12(14)18/h3-5H,2,6,13H2,1H3,(H2,14,18). The number of rotatable bonds is 4. The number of carbonyl (C=O) groups excluding carboxylic acids is 2. The number of nitrogens with two attached hydrogens (primary N) is 2. The van der Waals surface area contributed by atoms with Crippen LogP contribution in [0.5, 0.6) is 0 Å². The molecule has 0 saturated carbocycles. The first-order valence-electron chi connectivity index (χ1n) is 5.74. The van der Waals surface area contributed by atoms with E-state index < -0.39 is 11.9 Å². The zero-order valence-corrected chi connectivity index (χ0v) is 10.4. The van der Waals surface area contributed by atoms with E-state index >= 15 is 0 Å². The second-order valence-corrected chi connectivity index (χ2v) is 3.95. The highest BCUT2D eigenvalue weighted by Gasteiger charge is 2.16. The van der Waals surface area contributed by atoms with Gasteiger partial charge in [-0.25, -0.2) is 0 Å². The molecule has 1 heterocycles. The smallest absolute Gasteiger partial charge is 0.327 e. The Bertz CT molecular complexity index is 648. The lowest BCUT2D eigenvalue weighted by molar-refractivity contribution is -0.143. The van der Waals surface area contributed by atoms with Gasteiger partial charge in [0.2, 0.25) is 0 Å². The average Bonchev–Trinajstić information content (AvgIpc) is 2.67. The predicted molar refractivity (Wildman–Crippen MR) is 69.3 cm³/mol. The zero-order valence-electron chi connectivity index (χ0n) is 10.4. The number of carbonyl (C=O) groups is 2. The molecule has 0 unspecified atom stereocenters. The maximum Gasteiger partial charge on any atom is 0.327 e. The second kappa shape index (κ2) is 4.97. The summed E-state index contributed by atoms with van der Waals surface area (Å²) >= 11 is 0. The van der Waals surface area contributed by atoms with E-state index in [-0.39, 0.29) is 18.8 Å². The Morgan fingerprint density at radius 3 is 2.79 bits per heavy atom. The molecule has 0 spiro atoms. The summed E-state index contributed by atoms with van der Waals surface area (Å²) in [4.78, 5) is 22.8. The number of hydrogen-bond donors (Lipinski definition) is 2. The van der Waals surface area contributed by atoms with Gasteiger partial charge < -0.3 is 16.2 Å². The number of nitrogens with zero attached hydrogens (tertiary/aromatic N) is 2. The molecule has 1 amide bonds. The molecule has 0 aliphatic heterocycles. The Balaban J connectivity index is 2.50. The van der Waals surface area contributed by atoms with Crippen molar-refractivity contribution in [2.45, 2.75) is 13.5 Å². The van der Waals surface area contributed by atoms with Gasteiger partial charge >= 0.3 is 5.97 Å². The van der Waals surface area contributed by atoms with E-state index in [1.165, 1.54) is 4.68 Å². The van der Waals surface area contributed by atoms with Crippen LogP contribution in [0.1, 0.15) is 17.4 Å². The molecule has 0 bridgehead atoms. The molecule has 2 aromatic rings. The van der Waals surface area contributed by atoms with Gasteiger partial charge in [0.05, 0.1) is 12.1 Å². The number of aromatic nitrogens is 2. The van der Waals surface area contributed by atoms with Crippen LogP contribution in [0.15, 0.2) is 18.2 Å². The Hall–Kier alpha value is -2.57. The summed E-state index contributed by atoms with van der Waals surface area (Å²) in [6.45, 7) is 1.92. The van der Waals surface area contributed by atoms with Crippen molar-refractivity contribution in [3.63, 3.8) is 0 Å². The van der Waals surface area contributed by atoms with E-state index in [1.54, 1.807) is 25.1 Å².